The Morgan fingerprint density at radius 3 is 2.86 bits per heavy atom. The Balaban J connectivity index is 1.91. The number of allylic oxidation sites excluding steroid dienone is 2. The molecule has 1 aromatic carbocycles. The molecule has 0 spiro atoms. The second kappa shape index (κ2) is 8.43. The first kappa shape index (κ1) is 19.1. The monoisotopic (exact) mass is 387 g/mol. The number of aromatic nitrogens is 2. The van der Waals surface area contributed by atoms with Gasteiger partial charge in [-0.3, -0.25) is 14.8 Å². The Hall–Kier alpha value is -3.21. The van der Waals surface area contributed by atoms with Gasteiger partial charge in [-0.05, 0) is 60.6 Å². The number of phenols is 1. The summed E-state index contributed by atoms with van der Waals surface area (Å²) in [4.78, 5) is 21.2. The zero-order valence-corrected chi connectivity index (χ0v) is 16.6. The first-order valence-corrected chi connectivity index (χ1v) is 10.2. The summed E-state index contributed by atoms with van der Waals surface area (Å²) in [6.07, 6.45) is 11.8. The van der Waals surface area contributed by atoms with Gasteiger partial charge in [-0.1, -0.05) is 25.1 Å². The van der Waals surface area contributed by atoms with Crippen LogP contribution in [-0.2, 0) is 4.79 Å². The summed E-state index contributed by atoms with van der Waals surface area (Å²) in [6.45, 7) is 1.97. The summed E-state index contributed by atoms with van der Waals surface area (Å²) in [5.41, 5.74) is 4.39. The molecule has 0 saturated carbocycles. The Kier molecular flexibility index (Phi) is 5.56. The van der Waals surface area contributed by atoms with Crippen molar-refractivity contribution in [3.05, 3.63) is 71.7 Å². The van der Waals surface area contributed by atoms with Crippen LogP contribution in [0.25, 0.3) is 16.5 Å². The van der Waals surface area contributed by atoms with Crippen molar-refractivity contribution in [2.75, 3.05) is 0 Å². The fourth-order valence-corrected chi connectivity index (χ4v) is 4.00. The lowest BCUT2D eigenvalue weighted by molar-refractivity contribution is -0.121. The molecule has 4 rings (SSSR count). The second-order valence-corrected chi connectivity index (χ2v) is 7.42. The van der Waals surface area contributed by atoms with Gasteiger partial charge >= 0.3 is 0 Å². The van der Waals surface area contributed by atoms with Crippen LogP contribution in [0.1, 0.15) is 61.8 Å². The highest BCUT2D eigenvalue weighted by atomic mass is 16.3. The number of pyridine rings is 2. The number of aromatic hydroxyl groups is 1. The molecule has 2 heterocycles. The van der Waals surface area contributed by atoms with Gasteiger partial charge in [0.15, 0.2) is 0 Å². The fraction of sp³-hybridized carbons (Fsp3) is 0.292. The van der Waals surface area contributed by atoms with E-state index in [4.69, 9.17) is 0 Å². The van der Waals surface area contributed by atoms with E-state index in [2.05, 4.69) is 21.4 Å². The molecule has 1 unspecified atom stereocenters. The molecule has 0 aliphatic heterocycles. The van der Waals surface area contributed by atoms with Gasteiger partial charge in [0, 0.05) is 36.0 Å². The van der Waals surface area contributed by atoms with Gasteiger partial charge in [-0.2, -0.15) is 0 Å². The number of amides is 1. The Labute approximate surface area is 170 Å². The fourth-order valence-electron chi connectivity index (χ4n) is 4.00. The molecule has 1 aliphatic carbocycles. The van der Waals surface area contributed by atoms with Crippen molar-refractivity contribution in [3.63, 3.8) is 0 Å². The number of carbonyl (C=O) groups excluding carboxylic acids is 1. The predicted octanol–water partition coefficient (Wildman–Crippen LogP) is 4.91. The first-order valence-electron chi connectivity index (χ1n) is 10.2. The molecule has 0 fully saturated rings. The number of nitrogens with zero attached hydrogens (tertiary/aromatic N) is 2. The van der Waals surface area contributed by atoms with Crippen LogP contribution in [0.3, 0.4) is 0 Å². The normalized spacial score (nSPS) is 14.6. The quantitative estimate of drug-likeness (QED) is 0.630. The summed E-state index contributed by atoms with van der Waals surface area (Å²) in [5, 5.41) is 15.2. The average molecular weight is 387 g/mol. The zero-order valence-electron chi connectivity index (χ0n) is 16.6. The summed E-state index contributed by atoms with van der Waals surface area (Å²) in [7, 11) is 0. The molecule has 1 amide bonds. The maximum absolute atomic E-state index is 12.5. The van der Waals surface area contributed by atoms with E-state index in [1.807, 2.05) is 37.3 Å². The molecule has 2 aromatic heterocycles. The van der Waals surface area contributed by atoms with E-state index in [-0.39, 0.29) is 11.7 Å². The molecule has 1 atom stereocenters. The van der Waals surface area contributed by atoms with Crippen molar-refractivity contribution in [3.8, 4) is 5.75 Å². The number of hydrogen-bond donors (Lipinski definition) is 2. The minimum absolute atomic E-state index is 0.0523. The van der Waals surface area contributed by atoms with Gasteiger partial charge in [0.2, 0.25) is 5.91 Å². The number of fused-ring (bicyclic) bond motifs is 1. The van der Waals surface area contributed by atoms with Crippen molar-refractivity contribution in [2.45, 2.75) is 45.1 Å². The molecule has 0 saturated heterocycles. The number of carbonyl (C=O) groups is 1. The van der Waals surface area contributed by atoms with Crippen LogP contribution >= 0.6 is 0 Å². The molecule has 5 nitrogen and oxygen atoms in total. The summed E-state index contributed by atoms with van der Waals surface area (Å²) in [5.74, 6) is 0.0529. The van der Waals surface area contributed by atoms with E-state index in [1.165, 1.54) is 5.57 Å². The lowest BCUT2D eigenvalue weighted by Gasteiger charge is -2.23. The SMILES string of the molecule is CCCC(=O)NC(c1cccnc1)c1cc(C2=CCCC2)c2cccnc2c1O. The average Bonchev–Trinajstić information content (AvgIpc) is 3.28. The van der Waals surface area contributed by atoms with E-state index in [1.54, 1.807) is 18.6 Å². The van der Waals surface area contributed by atoms with Crippen molar-refractivity contribution >= 4 is 22.4 Å². The number of benzene rings is 1. The molecular weight excluding hydrogens is 362 g/mol. The van der Waals surface area contributed by atoms with Crippen molar-refractivity contribution in [1.29, 1.82) is 0 Å². The Morgan fingerprint density at radius 1 is 1.28 bits per heavy atom. The second-order valence-electron chi connectivity index (χ2n) is 7.42. The molecule has 5 heteroatoms. The van der Waals surface area contributed by atoms with Gasteiger partial charge in [-0.25, -0.2) is 0 Å². The van der Waals surface area contributed by atoms with Crippen molar-refractivity contribution < 1.29 is 9.90 Å². The lowest BCUT2D eigenvalue weighted by atomic mass is 9.91. The number of hydrogen-bond acceptors (Lipinski definition) is 4. The first-order chi connectivity index (χ1) is 14.2. The third-order valence-electron chi connectivity index (χ3n) is 5.39. The zero-order chi connectivity index (χ0) is 20.2. The largest absolute Gasteiger partial charge is 0.505 e. The van der Waals surface area contributed by atoms with Crippen LogP contribution in [0.5, 0.6) is 5.75 Å². The molecular formula is C24H25N3O2. The van der Waals surface area contributed by atoms with E-state index >= 15 is 0 Å². The van der Waals surface area contributed by atoms with Gasteiger partial charge in [0.1, 0.15) is 11.3 Å². The van der Waals surface area contributed by atoms with Crippen LogP contribution < -0.4 is 5.32 Å². The smallest absolute Gasteiger partial charge is 0.220 e. The van der Waals surface area contributed by atoms with Gasteiger partial charge in [0.25, 0.3) is 0 Å². The number of nitrogens with one attached hydrogen (secondary N) is 1. The van der Waals surface area contributed by atoms with Crippen LogP contribution in [0.15, 0.2) is 55.0 Å². The number of rotatable bonds is 6. The summed E-state index contributed by atoms with van der Waals surface area (Å²) in [6, 6.07) is 9.16. The molecule has 0 radical (unpaired) electrons. The molecule has 3 aromatic rings. The van der Waals surface area contributed by atoms with Crippen LogP contribution in [0, 0.1) is 0 Å². The highest BCUT2D eigenvalue weighted by molar-refractivity contribution is 5.96. The van der Waals surface area contributed by atoms with Gasteiger partial charge in [0.05, 0.1) is 6.04 Å². The van der Waals surface area contributed by atoms with E-state index in [0.717, 1.165) is 42.2 Å². The highest BCUT2D eigenvalue weighted by Gasteiger charge is 2.24. The third kappa shape index (κ3) is 3.86. The number of phenolic OH excluding ortho intramolecular Hbond substituents is 1. The van der Waals surface area contributed by atoms with E-state index in [9.17, 15) is 9.90 Å². The lowest BCUT2D eigenvalue weighted by Crippen LogP contribution is -2.29. The standard InChI is InChI=1S/C24H25N3O2/c1-2-7-21(28)27-22(17-10-5-12-25-15-17)20-14-19(16-8-3-4-9-16)18-11-6-13-26-23(18)24(20)29/h5-6,8,10-15,22,29H,2-4,7,9H2,1H3,(H,27,28). The highest BCUT2D eigenvalue weighted by Crippen LogP contribution is 2.40. The minimum Gasteiger partial charge on any atom is -0.505 e. The molecule has 2 N–H and O–H groups in total. The van der Waals surface area contributed by atoms with E-state index < -0.39 is 6.04 Å². The van der Waals surface area contributed by atoms with Gasteiger partial charge in [-0.15, -0.1) is 0 Å². The van der Waals surface area contributed by atoms with E-state index in [0.29, 0.717) is 17.5 Å². The van der Waals surface area contributed by atoms with Crippen molar-refractivity contribution in [1.82, 2.24) is 15.3 Å². The van der Waals surface area contributed by atoms with Crippen LogP contribution in [-0.4, -0.2) is 21.0 Å². The topological polar surface area (TPSA) is 75.1 Å². The molecule has 29 heavy (non-hydrogen) atoms. The maximum atomic E-state index is 12.5. The van der Waals surface area contributed by atoms with Crippen LogP contribution in [0.4, 0.5) is 0 Å². The summed E-state index contributed by atoms with van der Waals surface area (Å²) >= 11 is 0. The van der Waals surface area contributed by atoms with Crippen LogP contribution in [0.2, 0.25) is 0 Å². The molecule has 148 valence electrons. The minimum atomic E-state index is -0.491. The Morgan fingerprint density at radius 2 is 2.14 bits per heavy atom. The molecule has 1 aliphatic rings. The summed E-state index contributed by atoms with van der Waals surface area (Å²) < 4.78 is 0. The van der Waals surface area contributed by atoms with Gasteiger partial charge < -0.3 is 10.4 Å². The predicted molar refractivity (Wildman–Crippen MR) is 114 cm³/mol. The maximum Gasteiger partial charge on any atom is 0.220 e. The molecule has 0 bridgehead atoms. The third-order valence-corrected chi connectivity index (χ3v) is 5.39. The Bertz CT molecular complexity index is 1060. The van der Waals surface area contributed by atoms with Crippen molar-refractivity contribution in [2.24, 2.45) is 0 Å².